The molecule has 0 amide bonds. The molecule has 0 aromatic rings. The maximum atomic E-state index is 3.84. The third-order valence-electron chi connectivity index (χ3n) is 1.66. The van der Waals surface area contributed by atoms with E-state index in [0.29, 0.717) is 10.8 Å². The van der Waals surface area contributed by atoms with Crippen LogP contribution in [-0.4, -0.2) is 0 Å². The predicted octanol–water partition coefficient (Wildman–Crippen LogP) is 6.00. The van der Waals surface area contributed by atoms with E-state index >= 15 is 0 Å². The van der Waals surface area contributed by atoms with Gasteiger partial charge >= 0.3 is 0 Å². The minimum Gasteiger partial charge on any atom is -0.100 e. The van der Waals surface area contributed by atoms with Gasteiger partial charge in [0.25, 0.3) is 0 Å². The highest BCUT2D eigenvalue weighted by Crippen LogP contribution is 2.22. The normalized spacial score (nSPS) is 11.5. The lowest BCUT2D eigenvalue weighted by Crippen LogP contribution is -2.03. The van der Waals surface area contributed by atoms with Gasteiger partial charge in [0.05, 0.1) is 0 Å². The summed E-state index contributed by atoms with van der Waals surface area (Å²) < 4.78 is 0. The Morgan fingerprint density at radius 2 is 0.875 bits per heavy atom. The van der Waals surface area contributed by atoms with Gasteiger partial charge < -0.3 is 0 Å². The average molecular weight is 224 g/mol. The minimum absolute atomic E-state index is 0.422. The van der Waals surface area contributed by atoms with Crippen LogP contribution in [0.4, 0.5) is 0 Å². The predicted molar refractivity (Wildman–Crippen MR) is 77.8 cm³/mol. The van der Waals surface area contributed by atoms with E-state index in [2.05, 4.69) is 68.5 Å². The summed E-state index contributed by atoms with van der Waals surface area (Å²) >= 11 is 0. The third kappa shape index (κ3) is 23.4. The van der Waals surface area contributed by atoms with E-state index in [1.54, 1.807) is 0 Å². The fraction of sp³-hybridized carbons (Fsp3) is 0.750. The summed E-state index contributed by atoms with van der Waals surface area (Å²) in [6.07, 6.45) is 2.26. The Balaban J connectivity index is 0. The van der Waals surface area contributed by atoms with Gasteiger partial charge in [-0.05, 0) is 37.5 Å². The molecule has 0 fully saturated rings. The second kappa shape index (κ2) is 6.93. The van der Waals surface area contributed by atoms with Crippen LogP contribution in [0.1, 0.15) is 68.2 Å². The second-order valence-electron chi connectivity index (χ2n) is 7.39. The molecule has 0 N–H and O–H groups in total. The van der Waals surface area contributed by atoms with Gasteiger partial charge in [-0.1, -0.05) is 52.7 Å². The molecule has 0 radical (unpaired) electrons. The Labute approximate surface area is 104 Å². The summed E-state index contributed by atoms with van der Waals surface area (Å²) in [7, 11) is 0. The monoisotopic (exact) mass is 224 g/mol. The topological polar surface area (TPSA) is 0 Å². The molecule has 0 aliphatic heterocycles. The van der Waals surface area contributed by atoms with Crippen molar-refractivity contribution in [2.24, 2.45) is 10.8 Å². The maximum absolute atomic E-state index is 3.84. The number of hydrogen-bond donors (Lipinski definition) is 0. The summed E-state index contributed by atoms with van der Waals surface area (Å²) in [5.41, 5.74) is 3.40. The highest BCUT2D eigenvalue weighted by molar-refractivity contribution is 4.92. The van der Waals surface area contributed by atoms with Crippen LogP contribution in [0.2, 0.25) is 0 Å². The van der Waals surface area contributed by atoms with Crippen molar-refractivity contribution in [2.45, 2.75) is 68.2 Å². The molecule has 0 saturated heterocycles. The van der Waals surface area contributed by atoms with Gasteiger partial charge in [-0.3, -0.25) is 0 Å². The van der Waals surface area contributed by atoms with Crippen LogP contribution in [0, 0.1) is 10.8 Å². The van der Waals surface area contributed by atoms with Crippen molar-refractivity contribution in [2.75, 3.05) is 0 Å². The fourth-order valence-electron chi connectivity index (χ4n) is 1.81. The van der Waals surface area contributed by atoms with Gasteiger partial charge in [0, 0.05) is 0 Å². The first-order valence-electron chi connectivity index (χ1n) is 6.12. The molecule has 0 aromatic carbocycles. The lowest BCUT2D eigenvalue weighted by molar-refractivity contribution is 0.410. The molecule has 0 aromatic heterocycles. The summed E-state index contributed by atoms with van der Waals surface area (Å²) in [6, 6.07) is 0. The number of rotatable bonds is 2. The maximum Gasteiger partial charge on any atom is -0.0277 e. The molecule has 0 aliphatic carbocycles. The van der Waals surface area contributed by atoms with Crippen molar-refractivity contribution in [3.63, 3.8) is 0 Å². The molecular formula is C16H32. The van der Waals surface area contributed by atoms with Crippen LogP contribution >= 0.6 is 0 Å². The third-order valence-corrected chi connectivity index (χ3v) is 1.66. The molecule has 16 heavy (non-hydrogen) atoms. The quantitative estimate of drug-likeness (QED) is 0.505. The average Bonchev–Trinajstić information content (AvgIpc) is 1.72. The first kappa shape index (κ1) is 17.9. The molecule has 0 saturated carbocycles. The molecule has 0 bridgehead atoms. The molecule has 0 heteroatoms. The van der Waals surface area contributed by atoms with E-state index in [0.717, 1.165) is 12.8 Å². The SMILES string of the molecule is C=C(C)CC(C)(C)C.C=C(C)CC(C)(C)C. The largest absolute Gasteiger partial charge is 0.100 e. The Kier molecular flexibility index (Phi) is 7.74. The zero-order valence-corrected chi connectivity index (χ0v) is 12.8. The number of hydrogen-bond acceptors (Lipinski definition) is 0. The van der Waals surface area contributed by atoms with E-state index in [-0.39, 0.29) is 0 Å². The van der Waals surface area contributed by atoms with Crippen molar-refractivity contribution in [3.05, 3.63) is 24.3 Å². The van der Waals surface area contributed by atoms with E-state index in [1.165, 1.54) is 11.1 Å². The van der Waals surface area contributed by atoms with Crippen LogP contribution in [0.3, 0.4) is 0 Å². The van der Waals surface area contributed by atoms with Crippen molar-refractivity contribution < 1.29 is 0 Å². The number of allylic oxidation sites excluding steroid dienone is 2. The molecule has 96 valence electrons. The molecule has 0 heterocycles. The Morgan fingerprint density at radius 3 is 0.875 bits per heavy atom. The van der Waals surface area contributed by atoms with Crippen molar-refractivity contribution >= 4 is 0 Å². The molecule has 0 aliphatic rings. The standard InChI is InChI=1S/2C8H16/c2*1-7(2)6-8(3,4)5/h2*1,6H2,2-5H3. The van der Waals surface area contributed by atoms with Gasteiger partial charge in [0.15, 0.2) is 0 Å². The van der Waals surface area contributed by atoms with Crippen LogP contribution in [-0.2, 0) is 0 Å². The Bertz CT molecular complexity index is 191. The van der Waals surface area contributed by atoms with E-state index in [4.69, 9.17) is 0 Å². The molecule has 0 atom stereocenters. The van der Waals surface area contributed by atoms with E-state index in [1.807, 2.05) is 0 Å². The van der Waals surface area contributed by atoms with Crippen LogP contribution in [0.15, 0.2) is 24.3 Å². The smallest absolute Gasteiger partial charge is 0.0277 e. The lowest BCUT2D eigenvalue weighted by atomic mass is 9.89. The van der Waals surface area contributed by atoms with Crippen molar-refractivity contribution in [1.82, 2.24) is 0 Å². The molecule has 0 spiro atoms. The van der Waals surface area contributed by atoms with Crippen molar-refractivity contribution in [1.29, 1.82) is 0 Å². The van der Waals surface area contributed by atoms with Crippen molar-refractivity contribution in [3.8, 4) is 0 Å². The minimum atomic E-state index is 0.422. The highest BCUT2D eigenvalue weighted by Gasteiger charge is 2.09. The highest BCUT2D eigenvalue weighted by atomic mass is 14.1. The lowest BCUT2D eigenvalue weighted by Gasteiger charge is -2.17. The second-order valence-corrected chi connectivity index (χ2v) is 7.39. The van der Waals surface area contributed by atoms with Gasteiger partial charge in [-0.25, -0.2) is 0 Å². The summed E-state index contributed by atoms with van der Waals surface area (Å²) in [5, 5.41) is 0. The van der Waals surface area contributed by atoms with Gasteiger partial charge in [0.2, 0.25) is 0 Å². The van der Waals surface area contributed by atoms with Crippen LogP contribution in [0.5, 0.6) is 0 Å². The molecule has 0 unspecified atom stereocenters. The zero-order valence-electron chi connectivity index (χ0n) is 12.8. The van der Waals surface area contributed by atoms with Gasteiger partial charge in [-0.15, -0.1) is 13.2 Å². The van der Waals surface area contributed by atoms with Crippen LogP contribution < -0.4 is 0 Å². The molecule has 0 nitrogen and oxygen atoms in total. The Hall–Kier alpha value is -0.520. The van der Waals surface area contributed by atoms with Gasteiger partial charge in [-0.2, -0.15) is 0 Å². The van der Waals surface area contributed by atoms with Crippen LogP contribution in [0.25, 0.3) is 0 Å². The first-order valence-corrected chi connectivity index (χ1v) is 6.12. The summed E-state index contributed by atoms with van der Waals surface area (Å²) in [5.74, 6) is 0. The molecular weight excluding hydrogens is 192 g/mol. The van der Waals surface area contributed by atoms with E-state index < -0.39 is 0 Å². The summed E-state index contributed by atoms with van der Waals surface area (Å²) in [6.45, 7) is 25.2. The fourth-order valence-corrected chi connectivity index (χ4v) is 1.81. The Morgan fingerprint density at radius 1 is 0.688 bits per heavy atom. The summed E-state index contributed by atoms with van der Waals surface area (Å²) in [4.78, 5) is 0. The van der Waals surface area contributed by atoms with E-state index in [9.17, 15) is 0 Å². The first-order chi connectivity index (χ1) is 6.83. The molecule has 0 rings (SSSR count). The zero-order chi connectivity index (χ0) is 13.6. The van der Waals surface area contributed by atoms with Gasteiger partial charge in [0.1, 0.15) is 0 Å².